The molecule has 0 aliphatic carbocycles. The van der Waals surface area contributed by atoms with Crippen LogP contribution in [-0.4, -0.2) is 13.4 Å². The van der Waals surface area contributed by atoms with E-state index >= 15 is 0 Å². The Morgan fingerprint density at radius 1 is 1.09 bits per heavy atom. The molecule has 0 unspecified atom stereocenters. The quantitative estimate of drug-likeness (QED) is 0.791. The molecule has 0 saturated heterocycles. The average Bonchev–Trinajstić information content (AvgIpc) is 3.04. The molecule has 0 radical (unpaired) electrons. The second-order valence-electron chi connectivity index (χ2n) is 5.25. The zero-order chi connectivity index (χ0) is 16.4. The van der Waals surface area contributed by atoms with E-state index in [4.69, 9.17) is 4.42 Å². The normalized spacial score (nSPS) is 11.4. The number of sulfonamides is 1. The molecule has 0 aliphatic heterocycles. The first-order valence-corrected chi connectivity index (χ1v) is 8.54. The van der Waals surface area contributed by atoms with E-state index in [0.29, 0.717) is 17.1 Å². The highest BCUT2D eigenvalue weighted by molar-refractivity contribution is 7.92. The Morgan fingerprint density at radius 2 is 1.91 bits per heavy atom. The minimum absolute atomic E-state index is 0.188. The molecule has 3 rings (SSSR count). The molecule has 3 aromatic rings. The molecular weight excluding hydrogens is 312 g/mol. The maximum Gasteiger partial charge on any atom is 0.262 e. The number of anilines is 1. The Morgan fingerprint density at radius 3 is 2.61 bits per heavy atom. The summed E-state index contributed by atoms with van der Waals surface area (Å²) in [7, 11) is -3.66. The smallest absolute Gasteiger partial charge is 0.262 e. The van der Waals surface area contributed by atoms with E-state index in [1.165, 1.54) is 18.3 Å². The lowest BCUT2D eigenvalue weighted by Crippen LogP contribution is -2.14. The number of aromatic nitrogens is 1. The highest BCUT2D eigenvalue weighted by Crippen LogP contribution is 2.27. The van der Waals surface area contributed by atoms with Gasteiger partial charge in [0.15, 0.2) is 0 Å². The van der Waals surface area contributed by atoms with Gasteiger partial charge in [0.2, 0.25) is 0 Å². The van der Waals surface area contributed by atoms with Crippen LogP contribution in [0, 0.1) is 13.8 Å². The third kappa shape index (κ3) is 3.27. The molecule has 0 amide bonds. The van der Waals surface area contributed by atoms with Crippen molar-refractivity contribution in [2.24, 2.45) is 0 Å². The summed E-state index contributed by atoms with van der Waals surface area (Å²) in [5.41, 5.74) is 2.81. The third-order valence-corrected chi connectivity index (χ3v) is 4.83. The van der Waals surface area contributed by atoms with E-state index in [9.17, 15) is 8.42 Å². The Bertz CT molecular complexity index is 932. The van der Waals surface area contributed by atoms with Crippen molar-refractivity contribution < 1.29 is 12.8 Å². The average molecular weight is 328 g/mol. The van der Waals surface area contributed by atoms with Gasteiger partial charge in [0, 0.05) is 17.5 Å². The predicted molar refractivity (Wildman–Crippen MR) is 88.7 cm³/mol. The summed E-state index contributed by atoms with van der Waals surface area (Å²) in [5, 5.41) is 0. The molecule has 0 bridgehead atoms. The fourth-order valence-corrected chi connectivity index (χ4v) is 3.41. The lowest BCUT2D eigenvalue weighted by Gasteiger charge is -2.12. The van der Waals surface area contributed by atoms with Crippen molar-refractivity contribution in [3.63, 3.8) is 0 Å². The van der Waals surface area contributed by atoms with E-state index in [2.05, 4.69) is 9.71 Å². The largest absolute Gasteiger partial charge is 0.464 e. The SMILES string of the molecule is Cc1cc(S(=O)(=O)Nc2cc(-c3ccco3)ccc2C)ccn1. The molecule has 23 heavy (non-hydrogen) atoms. The highest BCUT2D eigenvalue weighted by Gasteiger charge is 2.16. The number of pyridine rings is 1. The maximum absolute atomic E-state index is 12.5. The number of benzene rings is 1. The van der Waals surface area contributed by atoms with Crippen molar-refractivity contribution in [3.05, 3.63) is 66.2 Å². The Kier molecular flexibility index (Phi) is 3.92. The van der Waals surface area contributed by atoms with Gasteiger partial charge in [0.25, 0.3) is 10.0 Å². The van der Waals surface area contributed by atoms with Crippen LogP contribution >= 0.6 is 0 Å². The van der Waals surface area contributed by atoms with Crippen LogP contribution in [0.5, 0.6) is 0 Å². The molecule has 2 heterocycles. The first kappa shape index (κ1) is 15.3. The van der Waals surface area contributed by atoms with Crippen LogP contribution in [0.3, 0.4) is 0 Å². The number of furan rings is 1. The fourth-order valence-electron chi connectivity index (χ4n) is 2.22. The van der Waals surface area contributed by atoms with Crippen LogP contribution < -0.4 is 4.72 Å². The zero-order valence-electron chi connectivity index (χ0n) is 12.8. The summed E-state index contributed by atoms with van der Waals surface area (Å²) in [6, 6.07) is 12.1. The summed E-state index contributed by atoms with van der Waals surface area (Å²) in [6.07, 6.45) is 3.06. The van der Waals surface area contributed by atoms with Gasteiger partial charge in [-0.3, -0.25) is 9.71 Å². The minimum Gasteiger partial charge on any atom is -0.464 e. The van der Waals surface area contributed by atoms with E-state index in [-0.39, 0.29) is 4.90 Å². The van der Waals surface area contributed by atoms with Crippen molar-refractivity contribution in [2.45, 2.75) is 18.7 Å². The first-order chi connectivity index (χ1) is 11.0. The molecule has 6 heteroatoms. The van der Waals surface area contributed by atoms with Crippen molar-refractivity contribution in [3.8, 4) is 11.3 Å². The monoisotopic (exact) mass is 328 g/mol. The van der Waals surface area contributed by atoms with Crippen LogP contribution in [0.15, 0.2) is 64.2 Å². The van der Waals surface area contributed by atoms with Crippen LogP contribution in [0.4, 0.5) is 5.69 Å². The van der Waals surface area contributed by atoms with E-state index in [0.717, 1.165) is 11.1 Å². The van der Waals surface area contributed by atoms with Gasteiger partial charge in [-0.15, -0.1) is 0 Å². The summed E-state index contributed by atoms with van der Waals surface area (Å²) >= 11 is 0. The van der Waals surface area contributed by atoms with Gasteiger partial charge >= 0.3 is 0 Å². The second-order valence-corrected chi connectivity index (χ2v) is 6.93. The Balaban J connectivity index is 1.98. The Hall–Kier alpha value is -2.60. The minimum atomic E-state index is -3.66. The number of hydrogen-bond acceptors (Lipinski definition) is 4. The van der Waals surface area contributed by atoms with Gasteiger partial charge in [-0.1, -0.05) is 12.1 Å². The molecule has 0 spiro atoms. The molecule has 2 aromatic heterocycles. The number of hydrogen-bond donors (Lipinski definition) is 1. The zero-order valence-corrected chi connectivity index (χ0v) is 13.6. The van der Waals surface area contributed by atoms with E-state index in [1.807, 2.05) is 25.1 Å². The summed E-state index contributed by atoms with van der Waals surface area (Å²) in [5.74, 6) is 0.685. The summed E-state index contributed by atoms with van der Waals surface area (Å²) in [4.78, 5) is 4.21. The lowest BCUT2D eigenvalue weighted by atomic mass is 10.1. The Labute approximate surface area is 135 Å². The van der Waals surface area contributed by atoms with Crippen molar-refractivity contribution in [1.29, 1.82) is 0 Å². The predicted octanol–water partition coefficient (Wildman–Crippen LogP) is 3.76. The number of rotatable bonds is 4. The molecule has 118 valence electrons. The van der Waals surface area contributed by atoms with Crippen LogP contribution in [0.2, 0.25) is 0 Å². The van der Waals surface area contributed by atoms with E-state index in [1.54, 1.807) is 25.3 Å². The molecule has 0 atom stereocenters. The van der Waals surface area contributed by atoms with E-state index < -0.39 is 10.0 Å². The molecule has 0 fully saturated rings. The third-order valence-electron chi connectivity index (χ3n) is 3.47. The van der Waals surface area contributed by atoms with Gasteiger partial charge in [-0.25, -0.2) is 8.42 Å². The molecular formula is C17H16N2O3S. The molecule has 1 aromatic carbocycles. The van der Waals surface area contributed by atoms with Gasteiger partial charge in [-0.05, 0) is 49.7 Å². The number of nitrogens with zero attached hydrogens (tertiary/aromatic N) is 1. The number of aryl methyl sites for hydroxylation is 2. The van der Waals surface area contributed by atoms with Crippen LogP contribution in [0.1, 0.15) is 11.3 Å². The summed E-state index contributed by atoms with van der Waals surface area (Å²) < 4.78 is 33.1. The first-order valence-electron chi connectivity index (χ1n) is 7.06. The second kappa shape index (κ2) is 5.89. The highest BCUT2D eigenvalue weighted by atomic mass is 32.2. The summed E-state index contributed by atoms with van der Waals surface area (Å²) in [6.45, 7) is 3.60. The van der Waals surface area contributed by atoms with Crippen molar-refractivity contribution in [2.75, 3.05) is 4.72 Å². The van der Waals surface area contributed by atoms with Crippen molar-refractivity contribution in [1.82, 2.24) is 4.98 Å². The van der Waals surface area contributed by atoms with Crippen LogP contribution in [0.25, 0.3) is 11.3 Å². The standard InChI is InChI=1S/C17H16N2O3S/c1-12-5-6-14(17-4-3-9-22-17)11-16(12)19-23(20,21)15-7-8-18-13(2)10-15/h3-11,19H,1-2H3. The fraction of sp³-hybridized carbons (Fsp3) is 0.118. The molecule has 0 aliphatic rings. The van der Waals surface area contributed by atoms with Gasteiger partial charge in [0.05, 0.1) is 16.8 Å². The lowest BCUT2D eigenvalue weighted by molar-refractivity contribution is 0.582. The van der Waals surface area contributed by atoms with Gasteiger partial charge < -0.3 is 4.42 Å². The van der Waals surface area contributed by atoms with Gasteiger partial charge in [-0.2, -0.15) is 0 Å². The molecule has 0 saturated carbocycles. The van der Waals surface area contributed by atoms with Crippen LogP contribution in [-0.2, 0) is 10.0 Å². The number of nitrogens with one attached hydrogen (secondary N) is 1. The van der Waals surface area contributed by atoms with Crippen molar-refractivity contribution >= 4 is 15.7 Å². The molecule has 5 nitrogen and oxygen atoms in total. The topological polar surface area (TPSA) is 72.2 Å². The maximum atomic E-state index is 12.5. The van der Waals surface area contributed by atoms with Gasteiger partial charge in [0.1, 0.15) is 5.76 Å². The molecule has 1 N–H and O–H groups in total.